The van der Waals surface area contributed by atoms with Gasteiger partial charge < -0.3 is 9.88 Å². The van der Waals surface area contributed by atoms with E-state index in [2.05, 4.69) is 10.3 Å². The molecular weight excluding hydrogens is 526 g/mol. The first-order chi connectivity index (χ1) is 19.5. The molecular formula is C29H29N7O3S. The van der Waals surface area contributed by atoms with Gasteiger partial charge in [0, 0.05) is 55.9 Å². The van der Waals surface area contributed by atoms with Gasteiger partial charge in [0.2, 0.25) is 10.0 Å². The van der Waals surface area contributed by atoms with Crippen LogP contribution in [0.1, 0.15) is 24.8 Å². The van der Waals surface area contributed by atoms with E-state index >= 15 is 0 Å². The molecule has 1 fully saturated rings. The number of nitriles is 1. The topological polar surface area (TPSA) is 126 Å². The third-order valence-electron chi connectivity index (χ3n) is 6.68. The molecule has 0 saturated carbocycles. The molecule has 0 bridgehead atoms. The van der Waals surface area contributed by atoms with Crippen LogP contribution in [0.15, 0.2) is 90.0 Å². The van der Waals surface area contributed by atoms with Gasteiger partial charge in [-0.2, -0.15) is 14.7 Å². The number of sulfonamides is 1. The van der Waals surface area contributed by atoms with E-state index in [1.165, 1.54) is 10.4 Å². The zero-order valence-electron chi connectivity index (χ0n) is 21.8. The fourth-order valence-corrected chi connectivity index (χ4v) is 6.16. The number of amides is 1. The smallest absolute Gasteiger partial charge is 0.261 e. The Morgan fingerprint density at radius 1 is 1.10 bits per heavy atom. The van der Waals surface area contributed by atoms with E-state index in [9.17, 15) is 18.5 Å². The predicted octanol–water partition coefficient (Wildman–Crippen LogP) is 3.63. The summed E-state index contributed by atoms with van der Waals surface area (Å²) in [5.41, 5.74) is 2.26. The van der Waals surface area contributed by atoms with Gasteiger partial charge in [0.15, 0.2) is 0 Å². The van der Waals surface area contributed by atoms with Crippen molar-refractivity contribution in [3.05, 3.63) is 90.7 Å². The molecule has 0 unspecified atom stereocenters. The Hall–Kier alpha value is -4.53. The molecule has 40 heavy (non-hydrogen) atoms. The molecule has 1 amide bonds. The lowest BCUT2D eigenvalue weighted by Gasteiger charge is -2.16. The molecule has 0 radical (unpaired) electrons. The molecule has 10 nitrogen and oxygen atoms in total. The Balaban J connectivity index is 1.45. The van der Waals surface area contributed by atoms with Crippen LogP contribution in [-0.4, -0.2) is 57.6 Å². The highest BCUT2D eigenvalue weighted by Gasteiger charge is 2.27. The molecule has 2 aromatic carbocycles. The quantitative estimate of drug-likeness (QED) is 0.181. The number of aryl methyl sites for hydroxylation is 1. The number of carbonyl (C=O) groups is 1. The molecule has 0 atom stereocenters. The fourth-order valence-electron chi connectivity index (χ4n) is 4.59. The molecule has 1 aliphatic rings. The van der Waals surface area contributed by atoms with E-state index in [0.717, 1.165) is 18.5 Å². The van der Waals surface area contributed by atoms with Gasteiger partial charge in [-0.05, 0) is 49.6 Å². The highest BCUT2D eigenvalue weighted by atomic mass is 32.2. The van der Waals surface area contributed by atoms with Crippen LogP contribution in [0.4, 0.5) is 0 Å². The van der Waals surface area contributed by atoms with Gasteiger partial charge in [-0.25, -0.2) is 18.1 Å². The van der Waals surface area contributed by atoms with E-state index in [1.807, 2.05) is 47.2 Å². The molecule has 3 heterocycles. The largest absolute Gasteiger partial charge is 0.351 e. The first kappa shape index (κ1) is 27.1. The van der Waals surface area contributed by atoms with Crippen molar-refractivity contribution < 1.29 is 13.2 Å². The van der Waals surface area contributed by atoms with E-state index in [-0.39, 0.29) is 10.5 Å². The number of rotatable bonds is 10. The van der Waals surface area contributed by atoms with Crippen molar-refractivity contribution in [3.8, 4) is 23.0 Å². The molecule has 4 aromatic rings. The van der Waals surface area contributed by atoms with Gasteiger partial charge in [-0.15, -0.1) is 0 Å². The third-order valence-corrected chi connectivity index (χ3v) is 8.57. The van der Waals surface area contributed by atoms with Crippen LogP contribution in [-0.2, 0) is 21.4 Å². The van der Waals surface area contributed by atoms with Crippen molar-refractivity contribution in [2.45, 2.75) is 30.7 Å². The summed E-state index contributed by atoms with van der Waals surface area (Å²) in [7, 11) is -3.64. The van der Waals surface area contributed by atoms with Gasteiger partial charge in [-0.1, -0.05) is 30.3 Å². The van der Waals surface area contributed by atoms with Crippen LogP contribution in [0, 0.1) is 11.3 Å². The Morgan fingerprint density at radius 3 is 2.62 bits per heavy atom. The average Bonchev–Trinajstić information content (AvgIpc) is 3.77. The maximum Gasteiger partial charge on any atom is 0.261 e. The molecule has 0 aliphatic carbocycles. The normalized spacial score (nSPS) is 14.2. The molecule has 11 heteroatoms. The van der Waals surface area contributed by atoms with Crippen molar-refractivity contribution in [2.24, 2.45) is 0 Å². The van der Waals surface area contributed by atoms with E-state index < -0.39 is 15.9 Å². The van der Waals surface area contributed by atoms with Crippen molar-refractivity contribution in [1.29, 1.82) is 5.26 Å². The minimum Gasteiger partial charge on any atom is -0.351 e. The van der Waals surface area contributed by atoms with Gasteiger partial charge in [0.05, 0.1) is 16.9 Å². The second-order valence-electron chi connectivity index (χ2n) is 9.43. The Morgan fingerprint density at radius 2 is 1.90 bits per heavy atom. The van der Waals surface area contributed by atoms with Crippen molar-refractivity contribution in [3.63, 3.8) is 0 Å². The summed E-state index contributed by atoms with van der Waals surface area (Å²) in [6, 6.07) is 18.1. The van der Waals surface area contributed by atoms with E-state index in [0.29, 0.717) is 49.4 Å². The monoisotopic (exact) mass is 555 g/mol. The summed E-state index contributed by atoms with van der Waals surface area (Å²) in [5.74, 6) is -0.489. The first-order valence-corrected chi connectivity index (χ1v) is 14.5. The van der Waals surface area contributed by atoms with Crippen molar-refractivity contribution in [2.75, 3.05) is 19.6 Å². The summed E-state index contributed by atoms with van der Waals surface area (Å²) < 4.78 is 31.5. The number of nitrogens with one attached hydrogen (secondary N) is 1. The number of aromatic nitrogens is 4. The minimum absolute atomic E-state index is 0.0719. The molecule has 204 valence electrons. The molecule has 1 aliphatic heterocycles. The van der Waals surface area contributed by atoms with Crippen LogP contribution >= 0.6 is 0 Å². The van der Waals surface area contributed by atoms with Crippen LogP contribution in [0.2, 0.25) is 0 Å². The number of imidazole rings is 1. The zero-order chi connectivity index (χ0) is 28.0. The second-order valence-corrected chi connectivity index (χ2v) is 11.4. The molecule has 5 rings (SSSR count). The van der Waals surface area contributed by atoms with Crippen molar-refractivity contribution in [1.82, 2.24) is 29.0 Å². The average molecular weight is 556 g/mol. The standard InChI is InChI=1S/C29H29N7O3S/c30-20-24(29(37)32-12-7-14-34-17-13-31-22-34)18-25-21-36(26-9-2-1-3-10-26)33-28(25)23-8-6-11-27(19-23)40(38,39)35-15-4-5-16-35/h1-3,6,8-11,13,17-19,21-22H,4-5,7,12,14-16H2,(H,32,37). The number of para-hydroxylation sites is 1. The maximum atomic E-state index is 13.2. The minimum atomic E-state index is -3.64. The Bertz CT molecular complexity index is 1650. The van der Waals surface area contributed by atoms with Crippen LogP contribution < -0.4 is 5.32 Å². The van der Waals surface area contributed by atoms with Gasteiger partial charge in [0.25, 0.3) is 5.91 Å². The summed E-state index contributed by atoms with van der Waals surface area (Å²) >= 11 is 0. The number of nitrogens with zero attached hydrogens (tertiary/aromatic N) is 6. The number of benzene rings is 2. The lowest BCUT2D eigenvalue weighted by atomic mass is 10.1. The molecule has 1 saturated heterocycles. The SMILES string of the molecule is N#CC(=Cc1cn(-c2ccccc2)nc1-c1cccc(S(=O)(=O)N2CCCC2)c1)C(=O)NCCCn1ccnc1. The highest BCUT2D eigenvalue weighted by molar-refractivity contribution is 7.89. The van der Waals surface area contributed by atoms with E-state index in [1.54, 1.807) is 47.7 Å². The Labute approximate surface area is 233 Å². The molecule has 2 aromatic heterocycles. The molecule has 0 spiro atoms. The fraction of sp³-hybridized carbons (Fsp3) is 0.241. The predicted molar refractivity (Wildman–Crippen MR) is 150 cm³/mol. The van der Waals surface area contributed by atoms with Gasteiger partial charge in [0.1, 0.15) is 17.3 Å². The number of hydrogen-bond acceptors (Lipinski definition) is 6. The summed E-state index contributed by atoms with van der Waals surface area (Å²) in [4.78, 5) is 17.1. The van der Waals surface area contributed by atoms with Crippen molar-refractivity contribution >= 4 is 22.0 Å². The highest BCUT2D eigenvalue weighted by Crippen LogP contribution is 2.29. The Kier molecular flexibility index (Phi) is 8.19. The second kappa shape index (κ2) is 12.1. The molecule has 1 N–H and O–H groups in total. The lowest BCUT2D eigenvalue weighted by Crippen LogP contribution is -2.27. The van der Waals surface area contributed by atoms with E-state index in [4.69, 9.17) is 5.10 Å². The summed E-state index contributed by atoms with van der Waals surface area (Å²) in [6.07, 6.45) is 10.8. The summed E-state index contributed by atoms with van der Waals surface area (Å²) in [6.45, 7) is 2.09. The van der Waals surface area contributed by atoms with Gasteiger partial charge in [-0.3, -0.25) is 4.79 Å². The lowest BCUT2D eigenvalue weighted by molar-refractivity contribution is -0.117. The number of carbonyl (C=O) groups excluding carboxylic acids is 1. The van der Waals surface area contributed by atoms with Crippen LogP contribution in [0.5, 0.6) is 0 Å². The van der Waals surface area contributed by atoms with Crippen LogP contribution in [0.25, 0.3) is 23.0 Å². The zero-order valence-corrected chi connectivity index (χ0v) is 22.7. The maximum absolute atomic E-state index is 13.2. The number of hydrogen-bond donors (Lipinski definition) is 1. The third kappa shape index (κ3) is 6.03. The first-order valence-electron chi connectivity index (χ1n) is 13.1. The summed E-state index contributed by atoms with van der Waals surface area (Å²) in [5, 5.41) is 17.4. The van der Waals surface area contributed by atoms with Crippen LogP contribution in [0.3, 0.4) is 0 Å². The van der Waals surface area contributed by atoms with Gasteiger partial charge >= 0.3 is 0 Å².